The summed E-state index contributed by atoms with van der Waals surface area (Å²) in [6, 6.07) is 0.419. The molecule has 0 spiro atoms. The third kappa shape index (κ3) is 19.9. The summed E-state index contributed by atoms with van der Waals surface area (Å²) in [5.41, 5.74) is 0. The molecule has 5 amide bonds. The van der Waals surface area contributed by atoms with Gasteiger partial charge in [0.05, 0.1) is 38.5 Å². The first kappa shape index (κ1) is 39.1. The highest BCUT2D eigenvalue weighted by atomic mass is 32.2. The molecule has 2 aliphatic rings. The fourth-order valence-electron chi connectivity index (χ4n) is 5.08. The third-order valence-electron chi connectivity index (χ3n) is 7.56. The Kier molecular flexibility index (Phi) is 21.7. The zero-order valence-electron chi connectivity index (χ0n) is 27.5. The Morgan fingerprint density at radius 3 is 1.82 bits per heavy atom. The highest BCUT2D eigenvalue weighted by Crippen LogP contribution is 2.33. The number of hydrogen-bond donors (Lipinski definition) is 5. The summed E-state index contributed by atoms with van der Waals surface area (Å²) < 4.78 is 16.6. The van der Waals surface area contributed by atoms with Crippen molar-refractivity contribution >= 4 is 35.5 Å². The number of hydrogen-bond acceptors (Lipinski definition) is 9. The molecule has 2 saturated heterocycles. The van der Waals surface area contributed by atoms with Crippen LogP contribution in [0.25, 0.3) is 0 Å². The topological polar surface area (TPSA) is 159 Å². The van der Waals surface area contributed by atoms with Gasteiger partial charge in [-0.2, -0.15) is 11.8 Å². The van der Waals surface area contributed by atoms with E-state index in [9.17, 15) is 19.2 Å². The first-order valence-electron chi connectivity index (χ1n) is 16.7. The van der Waals surface area contributed by atoms with E-state index in [-0.39, 0.29) is 35.8 Å². The summed E-state index contributed by atoms with van der Waals surface area (Å²) in [5, 5.41) is 15.1. The highest BCUT2D eigenvalue weighted by molar-refractivity contribution is 8.00. The Bertz CT molecular complexity index is 853. The van der Waals surface area contributed by atoms with Gasteiger partial charge in [0.25, 0.3) is 0 Å². The summed E-state index contributed by atoms with van der Waals surface area (Å²) in [6.45, 7) is 5.91. The molecule has 2 unspecified atom stereocenters. The fraction of sp³-hybridized carbons (Fsp3) is 0.871. The summed E-state index contributed by atoms with van der Waals surface area (Å²) in [5.74, 6) is 1.01. The van der Waals surface area contributed by atoms with Crippen LogP contribution < -0.4 is 26.6 Å². The average molecular weight is 659 g/mol. The van der Waals surface area contributed by atoms with E-state index in [4.69, 9.17) is 14.2 Å². The minimum atomic E-state index is -0.0580. The predicted octanol–water partition coefficient (Wildman–Crippen LogP) is 1.40. The number of fused-ring (bicyclic) bond motifs is 1. The van der Waals surface area contributed by atoms with E-state index in [1.54, 1.807) is 0 Å². The van der Waals surface area contributed by atoms with Crippen molar-refractivity contribution in [2.75, 3.05) is 85.7 Å². The molecule has 0 aromatic rings. The molecular weight excluding hydrogens is 600 g/mol. The lowest BCUT2D eigenvalue weighted by molar-refractivity contribution is -0.123. The molecule has 5 N–H and O–H groups in total. The maximum atomic E-state index is 12.0. The Hall–Kier alpha value is -2.13. The van der Waals surface area contributed by atoms with Crippen molar-refractivity contribution in [3.8, 4) is 0 Å². The molecule has 2 aliphatic heterocycles. The molecule has 2 heterocycles. The molecule has 0 aromatic heterocycles. The lowest BCUT2D eigenvalue weighted by Gasteiger charge is -2.16. The Morgan fingerprint density at radius 2 is 1.24 bits per heavy atom. The van der Waals surface area contributed by atoms with Crippen molar-refractivity contribution in [1.29, 1.82) is 0 Å². The van der Waals surface area contributed by atoms with Crippen LogP contribution in [0.1, 0.15) is 70.6 Å². The van der Waals surface area contributed by atoms with Crippen LogP contribution in [0.2, 0.25) is 0 Å². The molecule has 14 heteroatoms. The van der Waals surface area contributed by atoms with Gasteiger partial charge in [-0.3, -0.25) is 14.4 Å². The second-order valence-electron chi connectivity index (χ2n) is 11.8. The van der Waals surface area contributed by atoms with Crippen LogP contribution in [0.3, 0.4) is 0 Å². The molecule has 2 rings (SSSR count). The van der Waals surface area contributed by atoms with E-state index < -0.39 is 0 Å². The molecule has 13 nitrogen and oxygen atoms in total. The van der Waals surface area contributed by atoms with Crippen LogP contribution in [0.5, 0.6) is 0 Å². The predicted molar refractivity (Wildman–Crippen MR) is 176 cm³/mol. The van der Waals surface area contributed by atoms with E-state index >= 15 is 0 Å². The van der Waals surface area contributed by atoms with E-state index in [0.29, 0.717) is 90.2 Å². The van der Waals surface area contributed by atoms with Gasteiger partial charge >= 0.3 is 6.03 Å². The second kappa shape index (κ2) is 25.0. The zero-order valence-corrected chi connectivity index (χ0v) is 28.3. The first-order chi connectivity index (χ1) is 21.8. The van der Waals surface area contributed by atoms with E-state index in [1.165, 1.54) is 0 Å². The lowest BCUT2D eigenvalue weighted by Crippen LogP contribution is -2.36. The van der Waals surface area contributed by atoms with Gasteiger partial charge < -0.3 is 45.7 Å². The standard InChI is InChI=1S/C31H58N6O7S/c1-37(2)17-6-5-14-32-28(39)12-7-13-29(40)34-16-9-19-43-21-23-44-22-20-42-18-8-15-33-27(38)11-4-3-10-26-30-25(24-45-26)35-31(41)36-30/h25-26,30H,3-24H2,1-2H3,(H,32,39)(H,33,38)(H,34,40)(H2,35,36,41)/t25?,26-,30?/m0/s1. The number of nitrogens with zero attached hydrogens (tertiary/aromatic N) is 1. The quantitative estimate of drug-likeness (QED) is 0.0619. The number of ether oxygens (including phenoxy) is 3. The smallest absolute Gasteiger partial charge is 0.315 e. The molecule has 45 heavy (non-hydrogen) atoms. The van der Waals surface area contributed by atoms with Gasteiger partial charge in [0.2, 0.25) is 17.7 Å². The SMILES string of the molecule is CN(C)CCCCNC(=O)CCCC(=O)NCCCOCCOCCOCCCNC(=O)CCCC[C@@H]1SCC2NC(=O)NC21. The van der Waals surface area contributed by atoms with Crippen LogP contribution in [-0.2, 0) is 28.6 Å². The van der Waals surface area contributed by atoms with Gasteiger partial charge in [-0.25, -0.2) is 4.79 Å². The molecule has 260 valence electrons. The molecule has 3 atom stereocenters. The Balaban J connectivity index is 1.24. The number of carbonyl (C=O) groups is 4. The normalized spacial score (nSPS) is 18.8. The number of carbonyl (C=O) groups excluding carboxylic acids is 4. The summed E-state index contributed by atoms with van der Waals surface area (Å²) >= 11 is 1.91. The number of nitrogens with one attached hydrogen (secondary N) is 5. The number of unbranched alkanes of at least 4 members (excludes halogenated alkanes) is 2. The Labute approximate surface area is 273 Å². The van der Waals surface area contributed by atoms with E-state index in [1.807, 2.05) is 25.9 Å². The van der Waals surface area contributed by atoms with Crippen LogP contribution >= 0.6 is 11.8 Å². The molecule has 0 bridgehead atoms. The number of amides is 5. The molecule has 0 saturated carbocycles. The van der Waals surface area contributed by atoms with Crippen LogP contribution in [0.15, 0.2) is 0 Å². The summed E-state index contributed by atoms with van der Waals surface area (Å²) in [7, 11) is 4.07. The van der Waals surface area contributed by atoms with Crippen molar-refractivity contribution in [2.24, 2.45) is 0 Å². The van der Waals surface area contributed by atoms with Gasteiger partial charge in [0, 0.05) is 63.1 Å². The Morgan fingerprint density at radius 1 is 0.711 bits per heavy atom. The maximum Gasteiger partial charge on any atom is 0.315 e. The van der Waals surface area contributed by atoms with Gasteiger partial charge in [0.1, 0.15) is 0 Å². The number of rotatable bonds is 28. The summed E-state index contributed by atoms with van der Waals surface area (Å²) in [6.07, 6.45) is 8.15. The molecule has 0 radical (unpaired) electrons. The van der Waals surface area contributed by atoms with Crippen LogP contribution in [-0.4, -0.2) is 132 Å². The highest BCUT2D eigenvalue weighted by Gasteiger charge is 2.42. The van der Waals surface area contributed by atoms with Gasteiger partial charge in [-0.15, -0.1) is 0 Å². The molecule has 0 aromatic carbocycles. The molecular formula is C31H58N6O7S. The second-order valence-corrected chi connectivity index (χ2v) is 13.1. The van der Waals surface area contributed by atoms with E-state index in [0.717, 1.165) is 57.2 Å². The third-order valence-corrected chi connectivity index (χ3v) is 9.07. The monoisotopic (exact) mass is 658 g/mol. The van der Waals surface area contributed by atoms with Crippen LogP contribution in [0.4, 0.5) is 4.79 Å². The fourth-order valence-corrected chi connectivity index (χ4v) is 6.62. The van der Waals surface area contributed by atoms with Gasteiger partial charge in [-0.1, -0.05) is 6.42 Å². The van der Waals surface area contributed by atoms with Crippen LogP contribution in [0, 0.1) is 0 Å². The molecule has 0 aliphatic carbocycles. The lowest BCUT2D eigenvalue weighted by atomic mass is 10.0. The minimum Gasteiger partial charge on any atom is -0.379 e. The summed E-state index contributed by atoms with van der Waals surface area (Å²) in [4.78, 5) is 49.3. The largest absolute Gasteiger partial charge is 0.379 e. The number of thioether (sulfide) groups is 1. The van der Waals surface area contributed by atoms with Crippen molar-refractivity contribution in [3.05, 3.63) is 0 Å². The first-order valence-corrected chi connectivity index (χ1v) is 17.8. The van der Waals surface area contributed by atoms with Crippen molar-refractivity contribution in [2.45, 2.75) is 88.0 Å². The van der Waals surface area contributed by atoms with Crippen molar-refractivity contribution in [1.82, 2.24) is 31.5 Å². The zero-order chi connectivity index (χ0) is 32.5. The van der Waals surface area contributed by atoms with E-state index in [2.05, 4.69) is 31.5 Å². The van der Waals surface area contributed by atoms with Crippen molar-refractivity contribution in [3.63, 3.8) is 0 Å². The minimum absolute atomic E-state index is 0.00621. The average Bonchev–Trinajstić information content (AvgIpc) is 3.56. The van der Waals surface area contributed by atoms with Crippen molar-refractivity contribution < 1.29 is 33.4 Å². The number of urea groups is 1. The molecule has 2 fully saturated rings. The van der Waals surface area contributed by atoms with Gasteiger partial charge in [-0.05, 0) is 65.6 Å². The van der Waals surface area contributed by atoms with Gasteiger partial charge in [0.15, 0.2) is 0 Å². The maximum absolute atomic E-state index is 12.0.